The second-order valence-corrected chi connectivity index (χ2v) is 4.53. The van der Waals surface area contributed by atoms with Gasteiger partial charge in [-0.2, -0.15) is 0 Å². The summed E-state index contributed by atoms with van der Waals surface area (Å²) in [5, 5.41) is 0. The monoisotopic (exact) mass is 303 g/mol. The molecule has 0 radical (unpaired) electrons. The van der Waals surface area contributed by atoms with Gasteiger partial charge >= 0.3 is 0 Å². The third-order valence-electron chi connectivity index (χ3n) is 2.64. The Labute approximate surface area is 111 Å². The first kappa shape index (κ1) is 11.0. The molecule has 1 aliphatic rings. The lowest BCUT2D eigenvalue weighted by Crippen LogP contribution is -2.29. The summed E-state index contributed by atoms with van der Waals surface area (Å²) < 4.78 is 0.583. The molecule has 0 spiro atoms. The van der Waals surface area contributed by atoms with Crippen LogP contribution >= 0.6 is 15.9 Å². The van der Waals surface area contributed by atoms with E-state index in [9.17, 15) is 9.59 Å². The van der Waals surface area contributed by atoms with Gasteiger partial charge < -0.3 is 0 Å². The molecule has 5 nitrogen and oxygen atoms in total. The Bertz CT molecular complexity index is 637. The van der Waals surface area contributed by atoms with Crippen molar-refractivity contribution in [3.63, 3.8) is 0 Å². The number of carbonyl (C=O) groups is 2. The largest absolute Gasteiger partial charge is 0.284 e. The van der Waals surface area contributed by atoms with Crippen LogP contribution < -0.4 is 4.90 Å². The molecular weight excluding hydrogens is 298 g/mol. The van der Waals surface area contributed by atoms with Gasteiger partial charge in [0.15, 0.2) is 0 Å². The molecule has 2 aromatic heterocycles. The van der Waals surface area contributed by atoms with Gasteiger partial charge in [-0.3, -0.25) is 19.6 Å². The summed E-state index contributed by atoms with van der Waals surface area (Å²) >= 11 is 3.28. The molecule has 0 aromatic carbocycles. The van der Waals surface area contributed by atoms with E-state index in [4.69, 9.17) is 0 Å². The molecule has 88 valence electrons. The Balaban J connectivity index is 2.16. The third kappa shape index (κ3) is 1.46. The Kier molecular flexibility index (Phi) is 2.45. The third-order valence-corrected chi connectivity index (χ3v) is 3.25. The van der Waals surface area contributed by atoms with Crippen LogP contribution in [-0.2, 0) is 0 Å². The number of imide groups is 1. The van der Waals surface area contributed by atoms with E-state index < -0.39 is 5.91 Å². The van der Waals surface area contributed by atoms with Gasteiger partial charge in [-0.1, -0.05) is 0 Å². The smallest absolute Gasteiger partial charge is 0.268 e. The molecule has 0 unspecified atom stereocenters. The molecule has 0 saturated heterocycles. The highest BCUT2D eigenvalue weighted by Crippen LogP contribution is 2.31. The van der Waals surface area contributed by atoms with E-state index in [1.54, 1.807) is 18.2 Å². The van der Waals surface area contributed by atoms with Crippen LogP contribution in [0.1, 0.15) is 20.8 Å². The summed E-state index contributed by atoms with van der Waals surface area (Å²) in [6.07, 6.45) is 4.55. The fourth-order valence-corrected chi connectivity index (χ4v) is 2.26. The maximum Gasteiger partial charge on any atom is 0.284 e. The van der Waals surface area contributed by atoms with Crippen LogP contribution in [-0.4, -0.2) is 21.8 Å². The lowest BCUT2D eigenvalue weighted by Gasteiger charge is -2.14. The first-order chi connectivity index (χ1) is 8.70. The zero-order chi connectivity index (χ0) is 12.7. The number of hydrogen-bond donors (Lipinski definition) is 0. The summed E-state index contributed by atoms with van der Waals surface area (Å²) in [7, 11) is 0. The van der Waals surface area contributed by atoms with Crippen LogP contribution in [0.4, 0.5) is 5.69 Å². The lowest BCUT2D eigenvalue weighted by molar-refractivity contribution is 0.0924. The summed E-state index contributed by atoms with van der Waals surface area (Å²) in [5.41, 5.74) is 0.982. The number of carbonyl (C=O) groups excluding carboxylic acids is 2. The number of aromatic nitrogens is 2. The second-order valence-electron chi connectivity index (χ2n) is 3.67. The van der Waals surface area contributed by atoms with Gasteiger partial charge in [0.05, 0.1) is 15.7 Å². The molecule has 0 fully saturated rings. The highest BCUT2D eigenvalue weighted by Gasteiger charge is 2.38. The maximum absolute atomic E-state index is 12.2. The zero-order valence-corrected chi connectivity index (χ0v) is 10.6. The molecule has 6 heteroatoms. The van der Waals surface area contributed by atoms with Crippen molar-refractivity contribution < 1.29 is 9.59 Å². The average molecular weight is 304 g/mol. The molecule has 1 aliphatic heterocycles. The molecule has 2 aromatic rings. The van der Waals surface area contributed by atoms with Crippen LogP contribution in [0.2, 0.25) is 0 Å². The van der Waals surface area contributed by atoms with Crippen molar-refractivity contribution in [2.45, 2.75) is 0 Å². The van der Waals surface area contributed by atoms with Crippen LogP contribution in [0.25, 0.3) is 0 Å². The van der Waals surface area contributed by atoms with E-state index in [1.165, 1.54) is 18.6 Å². The molecule has 0 bridgehead atoms. The fourth-order valence-electron chi connectivity index (χ4n) is 1.83. The topological polar surface area (TPSA) is 63.2 Å². The van der Waals surface area contributed by atoms with E-state index in [1.807, 2.05) is 0 Å². The van der Waals surface area contributed by atoms with E-state index in [0.717, 1.165) is 4.90 Å². The number of pyridine rings is 2. The minimum atomic E-state index is -0.414. The van der Waals surface area contributed by atoms with E-state index in [-0.39, 0.29) is 11.6 Å². The zero-order valence-electron chi connectivity index (χ0n) is 9.00. The maximum atomic E-state index is 12.2. The lowest BCUT2D eigenvalue weighted by atomic mass is 10.2. The van der Waals surface area contributed by atoms with Crippen molar-refractivity contribution in [2.24, 2.45) is 0 Å². The highest BCUT2D eigenvalue weighted by molar-refractivity contribution is 9.10. The first-order valence-electron chi connectivity index (χ1n) is 5.13. The predicted octanol–water partition coefficient (Wildman–Crippen LogP) is 2.04. The Morgan fingerprint density at radius 2 is 1.94 bits per heavy atom. The molecular formula is C12H6BrN3O2. The van der Waals surface area contributed by atoms with E-state index >= 15 is 0 Å². The molecule has 3 heterocycles. The predicted molar refractivity (Wildman–Crippen MR) is 67.3 cm³/mol. The summed E-state index contributed by atoms with van der Waals surface area (Å²) in [6.45, 7) is 0. The summed E-state index contributed by atoms with van der Waals surface area (Å²) in [5.74, 6) is -0.780. The van der Waals surface area contributed by atoms with Crippen molar-refractivity contribution in [3.8, 4) is 0 Å². The molecule has 18 heavy (non-hydrogen) atoms. The van der Waals surface area contributed by atoms with Gasteiger partial charge in [-0.25, -0.2) is 4.90 Å². The van der Waals surface area contributed by atoms with Crippen LogP contribution in [0.15, 0.2) is 41.3 Å². The number of fused-ring (bicyclic) bond motifs is 1. The average Bonchev–Trinajstić information content (AvgIpc) is 2.64. The Morgan fingerprint density at radius 1 is 1.11 bits per heavy atom. The first-order valence-corrected chi connectivity index (χ1v) is 5.93. The van der Waals surface area contributed by atoms with Gasteiger partial charge in [0, 0.05) is 18.6 Å². The number of halogens is 1. The normalized spacial score (nSPS) is 13.9. The van der Waals surface area contributed by atoms with Gasteiger partial charge in [-0.15, -0.1) is 0 Å². The number of amides is 2. The SMILES string of the molecule is O=C1c2cccnc2C(=O)N1c1ccncc1Br. The van der Waals surface area contributed by atoms with Crippen molar-refractivity contribution in [3.05, 3.63) is 52.5 Å². The van der Waals surface area contributed by atoms with Crippen molar-refractivity contribution in [2.75, 3.05) is 4.90 Å². The second kappa shape index (κ2) is 3.99. The van der Waals surface area contributed by atoms with Crippen LogP contribution in [0.3, 0.4) is 0 Å². The molecule has 0 aliphatic carbocycles. The van der Waals surface area contributed by atoms with Gasteiger partial charge in [0.25, 0.3) is 11.8 Å². The van der Waals surface area contributed by atoms with Crippen molar-refractivity contribution >= 4 is 33.4 Å². The number of rotatable bonds is 1. The molecule has 0 N–H and O–H groups in total. The van der Waals surface area contributed by atoms with E-state index in [0.29, 0.717) is 15.7 Å². The summed E-state index contributed by atoms with van der Waals surface area (Å²) in [6, 6.07) is 4.83. The van der Waals surface area contributed by atoms with Crippen LogP contribution in [0, 0.1) is 0 Å². The number of nitrogens with zero attached hydrogens (tertiary/aromatic N) is 3. The minimum absolute atomic E-state index is 0.186. The highest BCUT2D eigenvalue weighted by atomic mass is 79.9. The standard InChI is InChI=1S/C12H6BrN3O2/c13-8-6-14-5-3-9(8)16-11(17)7-2-1-4-15-10(7)12(16)18/h1-6H. The summed E-state index contributed by atoms with van der Waals surface area (Å²) in [4.78, 5) is 33.3. The quantitative estimate of drug-likeness (QED) is 0.756. The van der Waals surface area contributed by atoms with Gasteiger partial charge in [0.1, 0.15) is 5.69 Å². The minimum Gasteiger partial charge on any atom is -0.268 e. The van der Waals surface area contributed by atoms with E-state index in [2.05, 4.69) is 25.9 Å². The van der Waals surface area contributed by atoms with Crippen LogP contribution in [0.5, 0.6) is 0 Å². The molecule has 0 saturated carbocycles. The van der Waals surface area contributed by atoms with Gasteiger partial charge in [0.2, 0.25) is 0 Å². The number of anilines is 1. The number of hydrogen-bond acceptors (Lipinski definition) is 4. The molecule has 0 atom stereocenters. The van der Waals surface area contributed by atoms with Crippen molar-refractivity contribution in [1.82, 2.24) is 9.97 Å². The Hall–Kier alpha value is -2.08. The fraction of sp³-hybridized carbons (Fsp3) is 0. The Morgan fingerprint density at radius 3 is 2.67 bits per heavy atom. The molecule has 2 amide bonds. The van der Waals surface area contributed by atoms with Gasteiger partial charge in [-0.05, 0) is 34.1 Å². The molecule has 3 rings (SSSR count). The van der Waals surface area contributed by atoms with Crippen molar-refractivity contribution in [1.29, 1.82) is 0 Å².